The second kappa shape index (κ2) is 6.26. The number of nitrogens with one attached hydrogen (secondary N) is 1. The molecule has 0 saturated carbocycles. The molecule has 2 rings (SSSR count). The van der Waals surface area contributed by atoms with E-state index in [0.717, 1.165) is 23.1 Å². The highest BCUT2D eigenvalue weighted by Crippen LogP contribution is 2.18. The average Bonchev–Trinajstić information content (AvgIpc) is 2.83. The Kier molecular flexibility index (Phi) is 4.63. The van der Waals surface area contributed by atoms with Crippen molar-refractivity contribution in [2.45, 2.75) is 45.6 Å². The standard InChI is InChI=1S/C16H23N3O2/c1-4-9-16(3,17)15(20)18-10-8-13-19-14-11(2)6-5-7-12(14)21-13/h5-7H,4,8-10,17H2,1-3H3,(H,18,20). The van der Waals surface area contributed by atoms with Gasteiger partial charge in [0, 0.05) is 13.0 Å². The number of hydrogen-bond donors (Lipinski definition) is 2. The van der Waals surface area contributed by atoms with Gasteiger partial charge in [-0.3, -0.25) is 4.79 Å². The molecule has 0 radical (unpaired) electrons. The molecule has 1 unspecified atom stereocenters. The second-order valence-electron chi connectivity index (χ2n) is 5.70. The quantitative estimate of drug-likeness (QED) is 0.855. The van der Waals surface area contributed by atoms with Crippen molar-refractivity contribution in [3.8, 4) is 0 Å². The molecule has 0 aliphatic heterocycles. The topological polar surface area (TPSA) is 81.2 Å². The summed E-state index contributed by atoms with van der Waals surface area (Å²) in [6, 6.07) is 5.84. The lowest BCUT2D eigenvalue weighted by atomic mass is 9.96. The molecular formula is C16H23N3O2. The first-order chi connectivity index (χ1) is 9.94. The van der Waals surface area contributed by atoms with Crippen molar-refractivity contribution in [2.75, 3.05) is 6.54 Å². The summed E-state index contributed by atoms with van der Waals surface area (Å²) in [6.45, 7) is 6.25. The Balaban J connectivity index is 1.93. The fourth-order valence-electron chi connectivity index (χ4n) is 2.36. The van der Waals surface area contributed by atoms with Crippen LogP contribution in [0.1, 0.15) is 38.1 Å². The molecule has 21 heavy (non-hydrogen) atoms. The third kappa shape index (κ3) is 3.61. The zero-order valence-corrected chi connectivity index (χ0v) is 12.9. The summed E-state index contributed by atoms with van der Waals surface area (Å²) in [7, 11) is 0. The van der Waals surface area contributed by atoms with Crippen molar-refractivity contribution >= 4 is 17.0 Å². The van der Waals surface area contributed by atoms with E-state index in [1.54, 1.807) is 6.92 Å². The molecule has 5 heteroatoms. The molecule has 2 aromatic rings. The molecule has 0 aliphatic rings. The van der Waals surface area contributed by atoms with Crippen LogP contribution in [0.3, 0.4) is 0 Å². The van der Waals surface area contributed by atoms with E-state index < -0.39 is 5.54 Å². The summed E-state index contributed by atoms with van der Waals surface area (Å²) in [4.78, 5) is 16.4. The molecule has 0 saturated heterocycles. The number of nitrogens with two attached hydrogens (primary N) is 1. The monoisotopic (exact) mass is 289 g/mol. The minimum Gasteiger partial charge on any atom is -0.441 e. The van der Waals surface area contributed by atoms with Gasteiger partial charge in [0.05, 0.1) is 5.54 Å². The Morgan fingerprint density at radius 1 is 1.48 bits per heavy atom. The second-order valence-corrected chi connectivity index (χ2v) is 5.70. The fraction of sp³-hybridized carbons (Fsp3) is 0.500. The lowest BCUT2D eigenvalue weighted by molar-refractivity contribution is -0.126. The Morgan fingerprint density at radius 2 is 2.24 bits per heavy atom. The number of rotatable bonds is 6. The van der Waals surface area contributed by atoms with Crippen LogP contribution >= 0.6 is 0 Å². The van der Waals surface area contributed by atoms with Gasteiger partial charge in [-0.25, -0.2) is 4.98 Å². The molecule has 0 fully saturated rings. The summed E-state index contributed by atoms with van der Waals surface area (Å²) in [5.41, 5.74) is 7.92. The third-order valence-corrected chi connectivity index (χ3v) is 3.58. The summed E-state index contributed by atoms with van der Waals surface area (Å²) < 4.78 is 5.67. The van der Waals surface area contributed by atoms with E-state index in [0.29, 0.717) is 25.3 Å². The van der Waals surface area contributed by atoms with Gasteiger partial charge >= 0.3 is 0 Å². The van der Waals surface area contributed by atoms with Crippen LogP contribution in [0.2, 0.25) is 0 Å². The highest BCUT2D eigenvalue weighted by molar-refractivity contribution is 5.85. The lowest BCUT2D eigenvalue weighted by Crippen LogP contribution is -2.51. The minimum absolute atomic E-state index is 0.128. The minimum atomic E-state index is -0.813. The average molecular weight is 289 g/mol. The first-order valence-electron chi connectivity index (χ1n) is 7.36. The van der Waals surface area contributed by atoms with Crippen molar-refractivity contribution in [2.24, 2.45) is 5.73 Å². The Bertz CT molecular complexity index is 631. The number of fused-ring (bicyclic) bond motifs is 1. The maximum absolute atomic E-state index is 12.0. The number of amides is 1. The Labute approximate surface area is 124 Å². The van der Waals surface area contributed by atoms with Gasteiger partial charge in [-0.2, -0.15) is 0 Å². The van der Waals surface area contributed by atoms with Gasteiger partial charge in [-0.05, 0) is 31.9 Å². The fourth-order valence-corrected chi connectivity index (χ4v) is 2.36. The van der Waals surface area contributed by atoms with Crippen LogP contribution in [0.25, 0.3) is 11.1 Å². The zero-order chi connectivity index (χ0) is 15.5. The van der Waals surface area contributed by atoms with Gasteiger partial charge in [-0.15, -0.1) is 0 Å². The van der Waals surface area contributed by atoms with Crippen molar-refractivity contribution < 1.29 is 9.21 Å². The van der Waals surface area contributed by atoms with Gasteiger partial charge in [-0.1, -0.05) is 25.5 Å². The summed E-state index contributed by atoms with van der Waals surface area (Å²) in [5.74, 6) is 0.505. The van der Waals surface area contributed by atoms with Crippen LogP contribution in [-0.2, 0) is 11.2 Å². The van der Waals surface area contributed by atoms with Crippen molar-refractivity contribution in [1.82, 2.24) is 10.3 Å². The van der Waals surface area contributed by atoms with E-state index in [4.69, 9.17) is 10.2 Å². The maximum atomic E-state index is 12.0. The van der Waals surface area contributed by atoms with E-state index in [2.05, 4.69) is 10.3 Å². The zero-order valence-electron chi connectivity index (χ0n) is 12.9. The molecule has 1 aromatic heterocycles. The first-order valence-corrected chi connectivity index (χ1v) is 7.36. The molecule has 5 nitrogen and oxygen atoms in total. The van der Waals surface area contributed by atoms with Crippen LogP contribution in [0.5, 0.6) is 0 Å². The highest BCUT2D eigenvalue weighted by Gasteiger charge is 2.26. The van der Waals surface area contributed by atoms with Crippen molar-refractivity contribution in [3.05, 3.63) is 29.7 Å². The first kappa shape index (κ1) is 15.5. The number of hydrogen-bond acceptors (Lipinski definition) is 4. The molecular weight excluding hydrogens is 266 g/mol. The largest absolute Gasteiger partial charge is 0.441 e. The van der Waals surface area contributed by atoms with Crippen LogP contribution in [0.4, 0.5) is 0 Å². The summed E-state index contributed by atoms with van der Waals surface area (Å²) in [5, 5.41) is 2.85. The van der Waals surface area contributed by atoms with Crippen LogP contribution in [0, 0.1) is 6.92 Å². The number of aryl methyl sites for hydroxylation is 1. The van der Waals surface area contributed by atoms with E-state index in [9.17, 15) is 4.79 Å². The van der Waals surface area contributed by atoms with Gasteiger partial charge in [0.25, 0.3) is 0 Å². The number of para-hydroxylation sites is 1. The molecule has 1 amide bonds. The van der Waals surface area contributed by atoms with E-state index >= 15 is 0 Å². The molecule has 0 spiro atoms. The molecule has 1 atom stereocenters. The molecule has 1 heterocycles. The number of oxazole rings is 1. The van der Waals surface area contributed by atoms with Gasteiger partial charge in [0.1, 0.15) is 5.52 Å². The predicted octanol–water partition coefficient (Wildman–Crippen LogP) is 2.31. The lowest BCUT2D eigenvalue weighted by Gasteiger charge is -2.22. The normalized spacial score (nSPS) is 14.1. The third-order valence-electron chi connectivity index (χ3n) is 3.58. The van der Waals surface area contributed by atoms with E-state index in [1.165, 1.54) is 0 Å². The van der Waals surface area contributed by atoms with E-state index in [-0.39, 0.29) is 5.91 Å². The van der Waals surface area contributed by atoms with E-state index in [1.807, 2.05) is 32.0 Å². The highest BCUT2D eigenvalue weighted by atomic mass is 16.3. The Hall–Kier alpha value is -1.88. The smallest absolute Gasteiger partial charge is 0.239 e. The predicted molar refractivity (Wildman–Crippen MR) is 83.0 cm³/mol. The van der Waals surface area contributed by atoms with Gasteiger partial charge < -0.3 is 15.5 Å². The Morgan fingerprint density at radius 3 is 2.90 bits per heavy atom. The van der Waals surface area contributed by atoms with Crippen molar-refractivity contribution in [1.29, 1.82) is 0 Å². The molecule has 114 valence electrons. The maximum Gasteiger partial charge on any atom is 0.239 e. The van der Waals surface area contributed by atoms with Crippen LogP contribution < -0.4 is 11.1 Å². The number of benzene rings is 1. The number of carbonyl (C=O) groups is 1. The molecule has 1 aromatic carbocycles. The van der Waals surface area contributed by atoms with Gasteiger partial charge in [0.15, 0.2) is 11.5 Å². The SMILES string of the molecule is CCCC(C)(N)C(=O)NCCc1nc2c(C)cccc2o1. The number of nitrogens with zero attached hydrogens (tertiary/aromatic N) is 1. The van der Waals surface area contributed by atoms with Crippen molar-refractivity contribution in [3.63, 3.8) is 0 Å². The van der Waals surface area contributed by atoms with Gasteiger partial charge in [0.2, 0.25) is 5.91 Å². The summed E-state index contributed by atoms with van der Waals surface area (Å²) in [6.07, 6.45) is 2.10. The number of carbonyl (C=O) groups excluding carboxylic acids is 1. The molecule has 0 bridgehead atoms. The number of aromatic nitrogens is 1. The molecule has 0 aliphatic carbocycles. The summed E-state index contributed by atoms with van der Waals surface area (Å²) >= 11 is 0. The molecule has 3 N–H and O–H groups in total. The van der Waals surface area contributed by atoms with Crippen LogP contribution in [0.15, 0.2) is 22.6 Å². The van der Waals surface area contributed by atoms with Crippen LogP contribution in [-0.4, -0.2) is 23.0 Å².